The Morgan fingerprint density at radius 1 is 0.641 bits per heavy atom. The Hall–Kier alpha value is -0.129. The van der Waals surface area contributed by atoms with Crippen molar-refractivity contribution in [1.29, 1.82) is 0 Å². The van der Waals surface area contributed by atoms with Crippen molar-refractivity contribution >= 4 is 23.3 Å². The van der Waals surface area contributed by atoms with E-state index in [-0.39, 0.29) is 10.8 Å². The number of hydrogen-bond donors (Lipinski definition) is 0. The molecule has 222 valence electrons. The van der Waals surface area contributed by atoms with Crippen molar-refractivity contribution in [3.8, 4) is 0 Å². The summed E-state index contributed by atoms with van der Waals surface area (Å²) >= 11 is 0. The van der Waals surface area contributed by atoms with E-state index in [0.717, 1.165) is 34.8 Å². The molecule has 0 nitrogen and oxygen atoms in total. The minimum Gasteiger partial charge on any atom is -0.0711 e. The molecule has 0 bridgehead atoms. The summed E-state index contributed by atoms with van der Waals surface area (Å²) in [4.78, 5) is 0. The van der Waals surface area contributed by atoms with Crippen LogP contribution in [0, 0.1) is 17.8 Å². The average molecular weight is 583 g/mol. The van der Waals surface area contributed by atoms with Gasteiger partial charge in [-0.1, -0.05) is 150 Å². The molecule has 0 amide bonds. The summed E-state index contributed by atoms with van der Waals surface area (Å²) in [6.45, 7) is 33.8. The van der Waals surface area contributed by atoms with E-state index in [1.807, 2.05) is 0 Å². The first-order chi connectivity index (χ1) is 17.7. The number of hydrogen-bond acceptors (Lipinski definition) is 0. The average Bonchev–Trinajstić information content (AvgIpc) is 3.44. The molecule has 3 heteroatoms. The quantitative estimate of drug-likeness (QED) is 0.293. The van der Waals surface area contributed by atoms with Gasteiger partial charge in [-0.15, -0.1) is 0 Å². The Labute approximate surface area is 247 Å². The first kappa shape index (κ1) is 31.8. The number of fused-ring (bicyclic) bond motifs is 1. The van der Waals surface area contributed by atoms with Crippen LogP contribution in [0.1, 0.15) is 116 Å². The first-order valence-electron chi connectivity index (χ1n) is 16.9. The molecule has 0 N–H and O–H groups in total. The zero-order valence-electron chi connectivity index (χ0n) is 28.6. The molecule has 4 rings (SSSR count). The maximum Gasteiger partial charge on any atom is 0.0448 e. The zero-order valence-corrected chi connectivity index (χ0v) is 31.6. The van der Waals surface area contributed by atoms with Crippen molar-refractivity contribution in [3.05, 3.63) is 34.9 Å². The van der Waals surface area contributed by atoms with Crippen LogP contribution in [0.3, 0.4) is 0 Å². The summed E-state index contributed by atoms with van der Waals surface area (Å²) < 4.78 is 0. The molecule has 1 aromatic rings. The molecule has 1 aromatic carbocycles. The Kier molecular flexibility index (Phi) is 8.85. The fourth-order valence-corrected chi connectivity index (χ4v) is 25.8. The SMILES string of the molecule is CC(C)(C)c1cc(C2CCCC3C2CCC3[Si](C)(C)[Si](C)(C)C2CCC(C[Si](C)(C)C)C2)cc(C(C)(C)C)c1. The Balaban J connectivity index is 1.58. The molecule has 3 saturated carbocycles. The maximum absolute atomic E-state index is 2.90. The predicted octanol–water partition coefficient (Wildman–Crippen LogP) is 11.9. The molecule has 0 spiro atoms. The van der Waals surface area contributed by atoms with Gasteiger partial charge in [0, 0.05) is 23.3 Å². The van der Waals surface area contributed by atoms with Crippen molar-refractivity contribution in [2.24, 2.45) is 17.8 Å². The summed E-state index contributed by atoms with van der Waals surface area (Å²) in [6, 6.07) is 9.40. The van der Waals surface area contributed by atoms with Gasteiger partial charge in [0.1, 0.15) is 0 Å². The largest absolute Gasteiger partial charge is 0.0711 e. The summed E-state index contributed by atoms with van der Waals surface area (Å²) in [5, 5.41) is 0. The Morgan fingerprint density at radius 3 is 1.77 bits per heavy atom. The summed E-state index contributed by atoms with van der Waals surface area (Å²) in [5.74, 6) is 3.79. The Morgan fingerprint density at radius 2 is 1.23 bits per heavy atom. The third-order valence-electron chi connectivity index (χ3n) is 12.6. The van der Waals surface area contributed by atoms with E-state index < -0.39 is 23.3 Å². The minimum atomic E-state index is -1.32. The van der Waals surface area contributed by atoms with Gasteiger partial charge in [0.05, 0.1) is 0 Å². The molecule has 3 aliphatic rings. The molecule has 3 fully saturated rings. The lowest BCUT2D eigenvalue weighted by Gasteiger charge is -2.50. The molecule has 0 heterocycles. The van der Waals surface area contributed by atoms with Gasteiger partial charge in [0.25, 0.3) is 0 Å². The van der Waals surface area contributed by atoms with Gasteiger partial charge in [0.2, 0.25) is 0 Å². The fourth-order valence-electron chi connectivity index (χ4n) is 9.63. The van der Waals surface area contributed by atoms with Crippen LogP contribution in [0.4, 0.5) is 0 Å². The Bertz CT molecular complexity index is 967. The molecule has 0 aliphatic heterocycles. The van der Waals surface area contributed by atoms with Crippen molar-refractivity contribution in [2.75, 3.05) is 0 Å². The van der Waals surface area contributed by atoms with Crippen LogP contribution < -0.4 is 0 Å². The predicted molar refractivity (Wildman–Crippen MR) is 185 cm³/mol. The molecular weight excluding hydrogens is 517 g/mol. The smallest absolute Gasteiger partial charge is 0.0448 e. The molecule has 6 unspecified atom stereocenters. The third kappa shape index (κ3) is 6.61. The summed E-state index contributed by atoms with van der Waals surface area (Å²) in [6.07, 6.45) is 12.2. The molecule has 6 atom stereocenters. The molecule has 39 heavy (non-hydrogen) atoms. The van der Waals surface area contributed by atoms with Crippen molar-refractivity contribution in [2.45, 2.75) is 173 Å². The van der Waals surface area contributed by atoms with Crippen LogP contribution in [0.2, 0.25) is 63.0 Å². The van der Waals surface area contributed by atoms with E-state index in [4.69, 9.17) is 0 Å². The van der Waals surface area contributed by atoms with E-state index in [2.05, 4.69) is 106 Å². The maximum atomic E-state index is 2.90. The number of benzene rings is 1. The summed E-state index contributed by atoms with van der Waals surface area (Å²) in [7, 11) is -3.54. The zero-order chi connectivity index (χ0) is 29.2. The number of rotatable bonds is 6. The normalized spacial score (nSPS) is 31.0. The lowest BCUT2D eigenvalue weighted by Crippen LogP contribution is -2.61. The standard InChI is InChI=1S/C36H66Si3/c1-35(2,3)28-22-27(23-29(24-28)36(4,5)6)31-15-14-16-33-32(31)19-20-34(33)39(12,13)38(10,11)30-18-17-26(21-30)25-37(7,8)9/h22-24,26,30-34H,14-21,25H2,1-13H3. The van der Waals surface area contributed by atoms with Crippen LogP contribution in [-0.4, -0.2) is 23.3 Å². The topological polar surface area (TPSA) is 0 Å². The highest BCUT2D eigenvalue weighted by Crippen LogP contribution is 2.61. The fraction of sp³-hybridized carbons (Fsp3) is 0.833. The van der Waals surface area contributed by atoms with E-state index in [0.29, 0.717) is 0 Å². The lowest BCUT2D eigenvalue weighted by molar-refractivity contribution is 0.236. The van der Waals surface area contributed by atoms with E-state index >= 15 is 0 Å². The highest BCUT2D eigenvalue weighted by Gasteiger charge is 2.57. The van der Waals surface area contributed by atoms with Gasteiger partial charge >= 0.3 is 0 Å². The first-order valence-corrected chi connectivity index (χ1v) is 27.7. The van der Waals surface area contributed by atoms with Gasteiger partial charge in [0.15, 0.2) is 0 Å². The van der Waals surface area contributed by atoms with Crippen molar-refractivity contribution in [1.82, 2.24) is 0 Å². The monoisotopic (exact) mass is 582 g/mol. The van der Waals surface area contributed by atoms with E-state index in [1.54, 1.807) is 48.4 Å². The van der Waals surface area contributed by atoms with Gasteiger partial charge in [-0.2, -0.15) is 0 Å². The summed E-state index contributed by atoms with van der Waals surface area (Å²) in [5.41, 5.74) is 7.41. The van der Waals surface area contributed by atoms with Gasteiger partial charge in [-0.05, 0) is 75.1 Å². The molecular formula is C36H66Si3. The third-order valence-corrected chi connectivity index (χ3v) is 35.2. The molecule has 3 aliphatic carbocycles. The minimum absolute atomic E-state index is 0.210. The molecule has 0 aromatic heterocycles. The van der Waals surface area contributed by atoms with Crippen LogP contribution >= 0.6 is 0 Å². The van der Waals surface area contributed by atoms with Crippen LogP contribution in [0.25, 0.3) is 0 Å². The van der Waals surface area contributed by atoms with Crippen LogP contribution in [0.5, 0.6) is 0 Å². The highest BCUT2D eigenvalue weighted by molar-refractivity contribution is 7.41. The second-order valence-electron chi connectivity index (χ2n) is 19.0. The van der Waals surface area contributed by atoms with Crippen molar-refractivity contribution < 1.29 is 0 Å². The van der Waals surface area contributed by atoms with Crippen molar-refractivity contribution in [3.63, 3.8) is 0 Å². The van der Waals surface area contributed by atoms with E-state index in [9.17, 15) is 0 Å². The van der Waals surface area contributed by atoms with Crippen LogP contribution in [0.15, 0.2) is 18.2 Å². The second-order valence-corrected chi connectivity index (χ2v) is 40.7. The second kappa shape index (κ2) is 10.9. The van der Waals surface area contributed by atoms with Gasteiger partial charge in [-0.25, -0.2) is 0 Å². The van der Waals surface area contributed by atoms with Crippen LogP contribution in [-0.2, 0) is 10.8 Å². The highest BCUT2D eigenvalue weighted by atomic mass is 29.3. The lowest BCUT2D eigenvalue weighted by atomic mass is 9.69. The van der Waals surface area contributed by atoms with Gasteiger partial charge < -0.3 is 0 Å². The molecule has 0 saturated heterocycles. The molecule has 0 radical (unpaired) electrons. The van der Waals surface area contributed by atoms with E-state index in [1.165, 1.54) is 25.7 Å². The van der Waals surface area contributed by atoms with Gasteiger partial charge in [-0.3, -0.25) is 0 Å².